The quantitative estimate of drug-likeness (QED) is 0.585. The first-order valence-electron chi connectivity index (χ1n) is 5.71. The Balaban J connectivity index is 2.16. The molecule has 0 unspecified atom stereocenters. The number of amides is 1. The summed E-state index contributed by atoms with van der Waals surface area (Å²) in [6, 6.07) is 7.22. The van der Waals surface area contributed by atoms with Gasteiger partial charge >= 0.3 is 0 Å². The summed E-state index contributed by atoms with van der Waals surface area (Å²) in [5.74, 6) is 4.33. The van der Waals surface area contributed by atoms with Crippen LogP contribution in [0.25, 0.3) is 0 Å². The molecule has 104 valence electrons. The first kappa shape index (κ1) is 13.8. The molecule has 0 atom stereocenters. The number of halogens is 1. The number of hydrogen-bond donors (Lipinski definition) is 3. The van der Waals surface area contributed by atoms with Crippen molar-refractivity contribution in [3.05, 3.63) is 48.0 Å². The number of aromatic nitrogens is 1. The summed E-state index contributed by atoms with van der Waals surface area (Å²) in [6.07, 6.45) is 1.44. The topological polar surface area (TPSA) is 89.3 Å². The van der Waals surface area contributed by atoms with Crippen molar-refractivity contribution in [3.8, 4) is 5.75 Å². The summed E-state index contributed by atoms with van der Waals surface area (Å²) in [4.78, 5) is 15.9. The van der Waals surface area contributed by atoms with E-state index in [-0.39, 0.29) is 11.4 Å². The Bertz CT molecular complexity index is 634. The van der Waals surface area contributed by atoms with E-state index in [9.17, 15) is 9.18 Å². The fourth-order valence-corrected chi connectivity index (χ4v) is 1.58. The van der Waals surface area contributed by atoms with Crippen molar-refractivity contribution in [2.24, 2.45) is 5.84 Å². The van der Waals surface area contributed by atoms with Crippen LogP contribution in [0.15, 0.2) is 36.5 Å². The van der Waals surface area contributed by atoms with Crippen LogP contribution in [0.4, 0.5) is 15.8 Å². The zero-order valence-electron chi connectivity index (χ0n) is 10.7. The average Bonchev–Trinajstić information content (AvgIpc) is 2.47. The third kappa shape index (κ3) is 3.01. The molecule has 0 aliphatic heterocycles. The van der Waals surface area contributed by atoms with Gasteiger partial charge in [-0.2, -0.15) is 0 Å². The molecule has 0 bridgehead atoms. The van der Waals surface area contributed by atoms with Crippen LogP contribution in [0.3, 0.4) is 0 Å². The Morgan fingerprint density at radius 2 is 2.10 bits per heavy atom. The highest BCUT2D eigenvalue weighted by Crippen LogP contribution is 2.21. The third-order valence-corrected chi connectivity index (χ3v) is 2.57. The summed E-state index contributed by atoms with van der Waals surface area (Å²) in [7, 11) is 1.37. The number of hydrazine groups is 1. The molecule has 0 radical (unpaired) electrons. The van der Waals surface area contributed by atoms with E-state index in [1.54, 1.807) is 6.07 Å². The number of hydrogen-bond acceptors (Lipinski definition) is 5. The fraction of sp³-hybridized carbons (Fsp3) is 0.0769. The normalized spacial score (nSPS) is 9.95. The van der Waals surface area contributed by atoms with Crippen molar-refractivity contribution in [2.75, 3.05) is 17.9 Å². The van der Waals surface area contributed by atoms with Crippen LogP contribution in [0.2, 0.25) is 0 Å². The van der Waals surface area contributed by atoms with Gasteiger partial charge in [0.2, 0.25) is 0 Å². The van der Waals surface area contributed by atoms with Crippen molar-refractivity contribution in [1.29, 1.82) is 0 Å². The number of nitrogens with one attached hydrogen (secondary N) is 2. The number of carbonyl (C=O) groups is 1. The van der Waals surface area contributed by atoms with Gasteiger partial charge in [-0.25, -0.2) is 4.39 Å². The zero-order chi connectivity index (χ0) is 14.5. The van der Waals surface area contributed by atoms with Gasteiger partial charge in [-0.3, -0.25) is 15.6 Å². The van der Waals surface area contributed by atoms with Crippen molar-refractivity contribution in [1.82, 2.24) is 4.98 Å². The fourth-order valence-electron chi connectivity index (χ4n) is 1.58. The van der Waals surface area contributed by atoms with E-state index in [0.717, 1.165) is 0 Å². The molecule has 2 rings (SSSR count). The van der Waals surface area contributed by atoms with Crippen molar-refractivity contribution < 1.29 is 13.9 Å². The van der Waals surface area contributed by atoms with Crippen molar-refractivity contribution >= 4 is 17.3 Å². The molecule has 1 amide bonds. The van der Waals surface area contributed by atoms with Crippen LogP contribution in [0.5, 0.6) is 5.75 Å². The van der Waals surface area contributed by atoms with Gasteiger partial charge in [0.1, 0.15) is 5.69 Å². The van der Waals surface area contributed by atoms with E-state index in [1.807, 2.05) is 0 Å². The number of anilines is 2. The predicted octanol–water partition coefficient (Wildman–Crippen LogP) is 1.77. The van der Waals surface area contributed by atoms with E-state index in [2.05, 4.69) is 15.7 Å². The Kier molecular flexibility index (Phi) is 4.11. The number of nitrogen functional groups attached to an aromatic ring is 1. The van der Waals surface area contributed by atoms with Gasteiger partial charge in [-0.15, -0.1) is 0 Å². The van der Waals surface area contributed by atoms with Gasteiger partial charge in [0.15, 0.2) is 11.6 Å². The second-order valence-electron chi connectivity index (χ2n) is 3.88. The zero-order valence-corrected chi connectivity index (χ0v) is 10.7. The lowest BCUT2D eigenvalue weighted by Crippen LogP contribution is -2.15. The molecule has 1 heterocycles. The lowest BCUT2D eigenvalue weighted by Gasteiger charge is -2.07. The van der Waals surface area contributed by atoms with Crippen LogP contribution in [-0.4, -0.2) is 18.0 Å². The minimum absolute atomic E-state index is 0.107. The van der Waals surface area contributed by atoms with Gasteiger partial charge in [0.05, 0.1) is 12.8 Å². The number of carbonyl (C=O) groups excluding carboxylic acids is 1. The number of ether oxygens (including phenoxy) is 1. The number of benzene rings is 1. The number of methoxy groups -OCH3 is 1. The van der Waals surface area contributed by atoms with Gasteiger partial charge in [-0.05, 0) is 24.3 Å². The van der Waals surface area contributed by atoms with Crippen molar-refractivity contribution in [2.45, 2.75) is 0 Å². The molecule has 0 aliphatic rings. The second-order valence-corrected chi connectivity index (χ2v) is 3.88. The van der Waals surface area contributed by atoms with Gasteiger partial charge in [-0.1, -0.05) is 0 Å². The molecule has 0 saturated heterocycles. The van der Waals surface area contributed by atoms with E-state index < -0.39 is 11.7 Å². The van der Waals surface area contributed by atoms with Crippen LogP contribution in [0, 0.1) is 5.82 Å². The number of pyridine rings is 1. The molecule has 4 N–H and O–H groups in total. The molecule has 1 aromatic carbocycles. The molecule has 0 spiro atoms. The number of rotatable bonds is 4. The highest BCUT2D eigenvalue weighted by Gasteiger charge is 2.10. The van der Waals surface area contributed by atoms with Gasteiger partial charge in [0.25, 0.3) is 5.91 Å². The highest BCUT2D eigenvalue weighted by atomic mass is 19.1. The summed E-state index contributed by atoms with van der Waals surface area (Å²) < 4.78 is 18.3. The molecule has 6 nitrogen and oxygen atoms in total. The van der Waals surface area contributed by atoms with Crippen LogP contribution in [0.1, 0.15) is 10.5 Å². The molecule has 20 heavy (non-hydrogen) atoms. The number of nitrogens with zero attached hydrogens (tertiary/aromatic N) is 1. The maximum Gasteiger partial charge on any atom is 0.274 e. The average molecular weight is 276 g/mol. The monoisotopic (exact) mass is 276 g/mol. The van der Waals surface area contributed by atoms with E-state index in [1.165, 1.54) is 37.6 Å². The Morgan fingerprint density at radius 3 is 2.75 bits per heavy atom. The molecule has 1 aromatic heterocycles. The molecule has 0 aliphatic carbocycles. The summed E-state index contributed by atoms with van der Waals surface area (Å²) >= 11 is 0. The number of nitrogens with two attached hydrogens (primary N) is 1. The minimum Gasteiger partial charge on any atom is -0.494 e. The van der Waals surface area contributed by atoms with E-state index in [0.29, 0.717) is 11.4 Å². The lowest BCUT2D eigenvalue weighted by molar-refractivity contribution is 0.102. The molecule has 0 fully saturated rings. The molecule has 7 heteroatoms. The van der Waals surface area contributed by atoms with E-state index in [4.69, 9.17) is 10.6 Å². The predicted molar refractivity (Wildman–Crippen MR) is 73.0 cm³/mol. The Labute approximate surface area is 114 Å². The maximum absolute atomic E-state index is 13.5. The van der Waals surface area contributed by atoms with Gasteiger partial charge in [0, 0.05) is 18.0 Å². The second kappa shape index (κ2) is 5.98. The summed E-state index contributed by atoms with van der Waals surface area (Å²) in [6.45, 7) is 0. The summed E-state index contributed by atoms with van der Waals surface area (Å²) in [5.41, 5.74) is 3.43. The van der Waals surface area contributed by atoms with Crippen LogP contribution >= 0.6 is 0 Å². The SMILES string of the molecule is COc1ccc(NC(=O)c2cc(NN)ccn2)cc1F. The molecular weight excluding hydrogens is 263 g/mol. The third-order valence-electron chi connectivity index (χ3n) is 2.57. The standard InChI is InChI=1S/C13H13FN4O2/c1-20-12-3-2-8(6-10(12)14)17-13(19)11-7-9(18-15)4-5-16-11/h2-7H,15H2,1H3,(H,16,18)(H,17,19). The Morgan fingerprint density at radius 1 is 1.30 bits per heavy atom. The van der Waals surface area contributed by atoms with E-state index >= 15 is 0 Å². The first-order valence-corrected chi connectivity index (χ1v) is 5.71. The van der Waals surface area contributed by atoms with Crippen LogP contribution in [-0.2, 0) is 0 Å². The maximum atomic E-state index is 13.5. The largest absolute Gasteiger partial charge is 0.494 e. The first-order chi connectivity index (χ1) is 9.63. The van der Waals surface area contributed by atoms with Gasteiger partial charge < -0.3 is 15.5 Å². The summed E-state index contributed by atoms with van der Waals surface area (Å²) in [5, 5.41) is 2.54. The highest BCUT2D eigenvalue weighted by molar-refractivity contribution is 6.03. The Hall–Kier alpha value is -2.67. The molecular formula is C13H13FN4O2. The molecule has 0 saturated carbocycles. The minimum atomic E-state index is -0.560. The smallest absolute Gasteiger partial charge is 0.274 e. The molecule has 2 aromatic rings. The van der Waals surface area contributed by atoms with Crippen molar-refractivity contribution in [3.63, 3.8) is 0 Å². The van der Waals surface area contributed by atoms with Crippen LogP contribution < -0.4 is 21.3 Å². The lowest BCUT2D eigenvalue weighted by atomic mass is 10.2.